The first-order chi connectivity index (χ1) is 13.5. The fourth-order valence-corrected chi connectivity index (χ4v) is 4.12. The lowest BCUT2D eigenvalue weighted by atomic mass is 10.1. The Morgan fingerprint density at radius 3 is 2.11 bits per heavy atom. The highest BCUT2D eigenvalue weighted by molar-refractivity contribution is 6.31. The maximum Gasteiger partial charge on any atom is 0.150 e. The molecular formula is C24H36Cl2N2. The summed E-state index contributed by atoms with van der Waals surface area (Å²) in [5.74, 6) is 1.10. The molecule has 2 nitrogen and oxygen atoms in total. The summed E-state index contributed by atoms with van der Waals surface area (Å²) in [4.78, 5) is 4.63. The van der Waals surface area contributed by atoms with Crippen LogP contribution in [0.3, 0.4) is 0 Å². The van der Waals surface area contributed by atoms with Gasteiger partial charge in [-0.2, -0.15) is 0 Å². The fourth-order valence-electron chi connectivity index (χ4n) is 3.72. The number of hydrogen-bond donors (Lipinski definition) is 0. The van der Waals surface area contributed by atoms with Crippen LogP contribution < -0.4 is 0 Å². The van der Waals surface area contributed by atoms with Gasteiger partial charge < -0.3 is 4.57 Å². The largest absolute Gasteiger partial charge is 0.326 e. The molecule has 0 spiro atoms. The third kappa shape index (κ3) is 7.12. The zero-order chi connectivity index (χ0) is 20.4. The molecule has 0 aliphatic heterocycles. The molecule has 0 amide bonds. The average molecular weight is 423 g/mol. The van der Waals surface area contributed by atoms with Crippen molar-refractivity contribution in [1.82, 2.24) is 9.55 Å². The van der Waals surface area contributed by atoms with Crippen LogP contribution in [0.5, 0.6) is 0 Å². The van der Waals surface area contributed by atoms with Gasteiger partial charge in [0.15, 0.2) is 0 Å². The van der Waals surface area contributed by atoms with E-state index in [0.29, 0.717) is 5.15 Å². The molecule has 0 N–H and O–H groups in total. The molecular weight excluding hydrogens is 387 g/mol. The lowest BCUT2D eigenvalue weighted by molar-refractivity contribution is 0.550. The molecule has 4 heteroatoms. The number of benzene rings is 1. The Morgan fingerprint density at radius 1 is 0.857 bits per heavy atom. The van der Waals surface area contributed by atoms with Crippen LogP contribution in [-0.2, 0) is 13.0 Å². The number of aryl methyl sites for hydroxylation is 1. The molecule has 1 heterocycles. The highest BCUT2D eigenvalue weighted by Crippen LogP contribution is 2.24. The van der Waals surface area contributed by atoms with E-state index in [9.17, 15) is 0 Å². The van der Waals surface area contributed by atoms with Crippen LogP contribution in [-0.4, -0.2) is 9.55 Å². The molecule has 2 aromatic rings. The van der Waals surface area contributed by atoms with E-state index >= 15 is 0 Å². The van der Waals surface area contributed by atoms with Crippen molar-refractivity contribution in [3.05, 3.63) is 51.0 Å². The van der Waals surface area contributed by atoms with Gasteiger partial charge in [-0.25, -0.2) is 4.98 Å². The number of hydrogen-bond acceptors (Lipinski definition) is 1. The van der Waals surface area contributed by atoms with Crippen molar-refractivity contribution in [2.45, 2.75) is 97.9 Å². The number of nitrogens with zero attached hydrogens (tertiary/aromatic N) is 2. The van der Waals surface area contributed by atoms with Crippen molar-refractivity contribution in [1.29, 1.82) is 0 Å². The summed E-state index contributed by atoms with van der Waals surface area (Å²) in [6.45, 7) is 7.19. The summed E-state index contributed by atoms with van der Waals surface area (Å²) in [5, 5.41) is 1.44. The van der Waals surface area contributed by atoms with Crippen LogP contribution in [0, 0.1) is 13.8 Å². The van der Waals surface area contributed by atoms with Crippen molar-refractivity contribution < 1.29 is 0 Å². The van der Waals surface area contributed by atoms with E-state index in [1.165, 1.54) is 69.8 Å². The zero-order valence-electron chi connectivity index (χ0n) is 17.9. The quantitative estimate of drug-likeness (QED) is 0.296. The van der Waals surface area contributed by atoms with Crippen molar-refractivity contribution in [2.75, 3.05) is 0 Å². The third-order valence-corrected chi connectivity index (χ3v) is 6.47. The Kier molecular flexibility index (Phi) is 10.4. The number of unbranched alkanes of at least 4 members (excludes halogenated alkanes) is 9. The van der Waals surface area contributed by atoms with Gasteiger partial charge in [0, 0.05) is 18.0 Å². The van der Waals surface area contributed by atoms with Crippen LogP contribution >= 0.6 is 23.2 Å². The van der Waals surface area contributed by atoms with Crippen LogP contribution in [0.25, 0.3) is 0 Å². The van der Waals surface area contributed by atoms with Crippen LogP contribution in [0.15, 0.2) is 18.2 Å². The minimum absolute atomic E-state index is 0.627. The van der Waals surface area contributed by atoms with Crippen molar-refractivity contribution in [2.24, 2.45) is 0 Å². The fraction of sp³-hybridized carbons (Fsp3) is 0.625. The van der Waals surface area contributed by atoms with Crippen LogP contribution in [0.2, 0.25) is 10.2 Å². The minimum Gasteiger partial charge on any atom is -0.326 e. The van der Waals surface area contributed by atoms with Gasteiger partial charge >= 0.3 is 0 Å². The molecule has 1 aromatic carbocycles. The normalized spacial score (nSPS) is 11.3. The van der Waals surface area contributed by atoms with E-state index in [2.05, 4.69) is 36.4 Å². The van der Waals surface area contributed by atoms with E-state index in [4.69, 9.17) is 23.2 Å². The monoisotopic (exact) mass is 422 g/mol. The molecule has 0 aliphatic rings. The molecule has 0 aliphatic carbocycles. The summed E-state index contributed by atoms with van der Waals surface area (Å²) >= 11 is 12.6. The summed E-state index contributed by atoms with van der Waals surface area (Å²) in [5.41, 5.74) is 3.41. The highest BCUT2D eigenvalue weighted by Gasteiger charge is 2.14. The first-order valence-electron chi connectivity index (χ1n) is 11.0. The summed E-state index contributed by atoms with van der Waals surface area (Å²) in [6, 6.07) is 6.10. The number of aromatic nitrogens is 2. The van der Waals surface area contributed by atoms with Crippen LogP contribution in [0.4, 0.5) is 0 Å². The number of rotatable bonds is 13. The first-order valence-corrected chi connectivity index (χ1v) is 11.8. The van der Waals surface area contributed by atoms with Gasteiger partial charge in [-0.3, -0.25) is 0 Å². The molecule has 0 bridgehead atoms. The van der Waals surface area contributed by atoms with E-state index in [-0.39, 0.29) is 0 Å². The maximum atomic E-state index is 6.35. The molecule has 0 atom stereocenters. The Hall–Kier alpha value is -0.990. The van der Waals surface area contributed by atoms with Crippen molar-refractivity contribution in [3.63, 3.8) is 0 Å². The minimum atomic E-state index is 0.627. The van der Waals surface area contributed by atoms with E-state index in [0.717, 1.165) is 35.1 Å². The molecule has 156 valence electrons. The van der Waals surface area contributed by atoms with Gasteiger partial charge in [0.25, 0.3) is 0 Å². The summed E-state index contributed by atoms with van der Waals surface area (Å²) < 4.78 is 2.26. The Morgan fingerprint density at radius 2 is 1.46 bits per heavy atom. The Bertz CT molecular complexity index is 722. The first kappa shape index (κ1) is 23.3. The summed E-state index contributed by atoms with van der Waals surface area (Å²) in [7, 11) is 0. The van der Waals surface area contributed by atoms with Gasteiger partial charge in [-0.15, -0.1) is 0 Å². The lowest BCUT2D eigenvalue weighted by Crippen LogP contribution is -2.08. The van der Waals surface area contributed by atoms with E-state index < -0.39 is 0 Å². The Balaban J connectivity index is 1.80. The number of halogens is 2. The van der Waals surface area contributed by atoms with Gasteiger partial charge in [-0.1, -0.05) is 100 Å². The van der Waals surface area contributed by atoms with Gasteiger partial charge in [0.2, 0.25) is 0 Å². The van der Waals surface area contributed by atoms with Crippen LogP contribution in [0.1, 0.15) is 93.8 Å². The van der Waals surface area contributed by atoms with E-state index in [1.54, 1.807) is 0 Å². The second-order valence-electron chi connectivity index (χ2n) is 7.95. The standard InChI is InChI=1S/C24H36Cl2N2/c1-4-5-6-7-8-9-10-11-12-13-17-23-27-24(26)20(3)28(23)18-21-15-14-16-22(25)19(21)2/h14-16H,4-13,17-18H2,1-3H3. The SMILES string of the molecule is CCCCCCCCCCCCc1nc(Cl)c(C)n1Cc1cccc(Cl)c1C. The topological polar surface area (TPSA) is 17.8 Å². The third-order valence-electron chi connectivity index (χ3n) is 5.70. The lowest BCUT2D eigenvalue weighted by Gasteiger charge is -2.13. The predicted octanol–water partition coefficient (Wildman–Crippen LogP) is 8.32. The second-order valence-corrected chi connectivity index (χ2v) is 8.71. The number of imidazole rings is 1. The van der Waals surface area contributed by atoms with Gasteiger partial charge in [0.05, 0.1) is 5.69 Å². The Labute approximate surface area is 181 Å². The molecule has 1 aromatic heterocycles. The summed E-state index contributed by atoms with van der Waals surface area (Å²) in [6.07, 6.45) is 14.5. The molecule has 28 heavy (non-hydrogen) atoms. The predicted molar refractivity (Wildman–Crippen MR) is 123 cm³/mol. The second kappa shape index (κ2) is 12.5. The molecule has 2 rings (SSSR count). The molecule has 0 saturated heterocycles. The maximum absolute atomic E-state index is 6.35. The highest BCUT2D eigenvalue weighted by atomic mass is 35.5. The molecule has 0 fully saturated rings. The zero-order valence-corrected chi connectivity index (χ0v) is 19.4. The smallest absolute Gasteiger partial charge is 0.150 e. The average Bonchev–Trinajstić information content (AvgIpc) is 2.94. The van der Waals surface area contributed by atoms with E-state index in [1.807, 2.05) is 12.1 Å². The molecule has 0 radical (unpaired) electrons. The van der Waals surface area contributed by atoms with Crippen molar-refractivity contribution >= 4 is 23.2 Å². The van der Waals surface area contributed by atoms with Gasteiger partial charge in [-0.05, 0) is 37.5 Å². The molecule has 0 unspecified atom stereocenters. The molecule has 0 saturated carbocycles. The van der Waals surface area contributed by atoms with Crippen molar-refractivity contribution in [3.8, 4) is 0 Å². The van der Waals surface area contributed by atoms with Gasteiger partial charge in [0.1, 0.15) is 11.0 Å².